The second-order valence-electron chi connectivity index (χ2n) is 6.08. The van der Waals surface area contributed by atoms with Gasteiger partial charge in [0.25, 0.3) is 0 Å². The first-order valence-corrected chi connectivity index (χ1v) is 7.68. The van der Waals surface area contributed by atoms with Gasteiger partial charge in [-0.2, -0.15) is 0 Å². The van der Waals surface area contributed by atoms with Crippen LogP contribution in [0.4, 0.5) is 0 Å². The first kappa shape index (κ1) is 13.9. The number of hydrogen-bond acceptors (Lipinski definition) is 2. The van der Waals surface area contributed by atoms with Crippen LogP contribution in [0.5, 0.6) is 0 Å². The molecule has 3 atom stereocenters. The van der Waals surface area contributed by atoms with E-state index in [0.717, 1.165) is 18.9 Å². The minimum absolute atomic E-state index is 0.303. The number of nitrogens with zero attached hydrogens (tertiary/aromatic N) is 1. The first-order chi connectivity index (χ1) is 8.70. The largest absolute Gasteiger partial charge is 0.481 e. The van der Waals surface area contributed by atoms with E-state index in [9.17, 15) is 4.79 Å². The number of carboxylic acids is 1. The molecule has 0 amide bonds. The standard InChI is InChI=1S/C15H27NO2/c1-2-12-6-5-8-13(10-12)16-9-4-3-7-14(16)11-15(17)18/h12-14H,2-11H2,1H3,(H,17,18). The van der Waals surface area contributed by atoms with Gasteiger partial charge in [0.1, 0.15) is 0 Å². The Kier molecular flexibility index (Phi) is 5.04. The predicted octanol–water partition coefficient (Wildman–Crippen LogP) is 3.28. The maximum Gasteiger partial charge on any atom is 0.304 e. The van der Waals surface area contributed by atoms with Gasteiger partial charge in [0.15, 0.2) is 0 Å². The van der Waals surface area contributed by atoms with Gasteiger partial charge in [0, 0.05) is 12.1 Å². The lowest BCUT2D eigenvalue weighted by molar-refractivity contribution is -0.139. The van der Waals surface area contributed by atoms with Crippen molar-refractivity contribution in [1.82, 2.24) is 4.90 Å². The third kappa shape index (κ3) is 3.47. The normalized spacial score (nSPS) is 34.4. The fourth-order valence-corrected chi connectivity index (χ4v) is 3.86. The Morgan fingerprint density at radius 2 is 2.06 bits per heavy atom. The van der Waals surface area contributed by atoms with Gasteiger partial charge in [-0.15, -0.1) is 0 Å². The lowest BCUT2D eigenvalue weighted by Gasteiger charge is -2.44. The average molecular weight is 253 g/mol. The fourth-order valence-electron chi connectivity index (χ4n) is 3.86. The van der Waals surface area contributed by atoms with Crippen molar-refractivity contribution in [3.63, 3.8) is 0 Å². The molecule has 3 nitrogen and oxygen atoms in total. The van der Waals surface area contributed by atoms with Gasteiger partial charge >= 0.3 is 5.97 Å². The molecule has 1 aliphatic heterocycles. The highest BCUT2D eigenvalue weighted by molar-refractivity contribution is 5.67. The molecule has 2 fully saturated rings. The number of piperidine rings is 1. The fraction of sp³-hybridized carbons (Fsp3) is 0.933. The lowest BCUT2D eigenvalue weighted by Crippen LogP contribution is -2.48. The zero-order chi connectivity index (χ0) is 13.0. The second kappa shape index (κ2) is 6.55. The Balaban J connectivity index is 1.96. The van der Waals surface area contributed by atoms with Crippen LogP contribution in [-0.2, 0) is 4.79 Å². The van der Waals surface area contributed by atoms with Crippen LogP contribution in [0.15, 0.2) is 0 Å². The molecule has 1 N–H and O–H groups in total. The molecule has 1 aliphatic carbocycles. The molecule has 1 heterocycles. The Morgan fingerprint density at radius 3 is 2.78 bits per heavy atom. The van der Waals surface area contributed by atoms with E-state index in [1.807, 2.05) is 0 Å². The van der Waals surface area contributed by atoms with Crippen LogP contribution in [0.1, 0.15) is 64.7 Å². The smallest absolute Gasteiger partial charge is 0.304 e. The minimum atomic E-state index is -0.630. The Labute approximate surface area is 111 Å². The van der Waals surface area contributed by atoms with Crippen molar-refractivity contribution in [2.24, 2.45) is 5.92 Å². The Morgan fingerprint density at radius 1 is 1.22 bits per heavy atom. The molecule has 18 heavy (non-hydrogen) atoms. The topological polar surface area (TPSA) is 40.5 Å². The number of carbonyl (C=O) groups is 1. The molecule has 1 saturated carbocycles. The minimum Gasteiger partial charge on any atom is -0.481 e. The molecule has 0 aromatic heterocycles. The number of aliphatic carboxylic acids is 1. The predicted molar refractivity (Wildman–Crippen MR) is 72.6 cm³/mol. The quantitative estimate of drug-likeness (QED) is 0.836. The Bertz CT molecular complexity index is 280. The summed E-state index contributed by atoms with van der Waals surface area (Å²) in [4.78, 5) is 13.5. The van der Waals surface area contributed by atoms with Crippen molar-refractivity contribution in [2.75, 3.05) is 6.54 Å². The molecule has 3 heteroatoms. The number of carboxylic acid groups (broad SMARTS) is 1. The number of hydrogen-bond donors (Lipinski definition) is 1. The molecule has 2 aliphatic rings. The molecule has 0 aromatic carbocycles. The molecule has 0 bridgehead atoms. The number of rotatable bonds is 4. The van der Waals surface area contributed by atoms with E-state index in [2.05, 4.69) is 11.8 Å². The van der Waals surface area contributed by atoms with Gasteiger partial charge in [0.2, 0.25) is 0 Å². The summed E-state index contributed by atoms with van der Waals surface area (Å²) in [5.74, 6) is 0.242. The molecule has 0 aromatic rings. The van der Waals surface area contributed by atoms with Gasteiger partial charge < -0.3 is 5.11 Å². The highest BCUT2D eigenvalue weighted by Crippen LogP contribution is 2.33. The van der Waals surface area contributed by atoms with Crippen molar-refractivity contribution >= 4 is 5.97 Å². The van der Waals surface area contributed by atoms with E-state index in [-0.39, 0.29) is 0 Å². The molecule has 1 saturated heterocycles. The van der Waals surface area contributed by atoms with Gasteiger partial charge in [-0.05, 0) is 38.1 Å². The van der Waals surface area contributed by atoms with E-state index in [1.54, 1.807) is 0 Å². The molecular weight excluding hydrogens is 226 g/mol. The summed E-state index contributed by atoms with van der Waals surface area (Å²) in [6.45, 7) is 3.41. The highest BCUT2D eigenvalue weighted by Gasteiger charge is 2.32. The third-order valence-corrected chi connectivity index (χ3v) is 4.88. The summed E-state index contributed by atoms with van der Waals surface area (Å²) in [7, 11) is 0. The molecule has 2 rings (SSSR count). The monoisotopic (exact) mass is 253 g/mol. The van der Waals surface area contributed by atoms with Crippen LogP contribution in [-0.4, -0.2) is 34.6 Å². The summed E-state index contributed by atoms with van der Waals surface area (Å²) >= 11 is 0. The van der Waals surface area contributed by atoms with E-state index in [0.29, 0.717) is 18.5 Å². The molecular formula is C15H27NO2. The van der Waals surface area contributed by atoms with E-state index >= 15 is 0 Å². The van der Waals surface area contributed by atoms with Crippen LogP contribution < -0.4 is 0 Å². The summed E-state index contributed by atoms with van der Waals surface area (Å²) in [6, 6.07) is 0.963. The van der Waals surface area contributed by atoms with Crippen molar-refractivity contribution in [2.45, 2.75) is 76.8 Å². The lowest BCUT2D eigenvalue weighted by atomic mass is 9.82. The molecule has 0 spiro atoms. The summed E-state index contributed by atoms with van der Waals surface area (Å²) in [5, 5.41) is 9.05. The van der Waals surface area contributed by atoms with Gasteiger partial charge in [-0.1, -0.05) is 32.6 Å². The summed E-state index contributed by atoms with van der Waals surface area (Å²) < 4.78 is 0. The third-order valence-electron chi connectivity index (χ3n) is 4.88. The second-order valence-corrected chi connectivity index (χ2v) is 6.08. The van der Waals surface area contributed by atoms with Gasteiger partial charge in [0.05, 0.1) is 6.42 Å². The maximum atomic E-state index is 11.0. The maximum absolute atomic E-state index is 11.0. The van der Waals surface area contributed by atoms with Crippen molar-refractivity contribution in [1.29, 1.82) is 0 Å². The Hall–Kier alpha value is -0.570. The van der Waals surface area contributed by atoms with E-state index in [4.69, 9.17) is 5.11 Å². The molecule has 104 valence electrons. The van der Waals surface area contributed by atoms with Crippen LogP contribution in [0.2, 0.25) is 0 Å². The van der Waals surface area contributed by atoms with Crippen LogP contribution in [0, 0.1) is 5.92 Å². The van der Waals surface area contributed by atoms with E-state index in [1.165, 1.54) is 44.9 Å². The van der Waals surface area contributed by atoms with Crippen molar-refractivity contribution in [3.8, 4) is 0 Å². The van der Waals surface area contributed by atoms with Crippen LogP contribution in [0.25, 0.3) is 0 Å². The van der Waals surface area contributed by atoms with Crippen LogP contribution >= 0.6 is 0 Å². The molecule has 0 radical (unpaired) electrons. The number of likely N-dealkylation sites (tertiary alicyclic amines) is 1. The van der Waals surface area contributed by atoms with Gasteiger partial charge in [-0.3, -0.25) is 9.69 Å². The zero-order valence-electron chi connectivity index (χ0n) is 11.6. The zero-order valence-corrected chi connectivity index (χ0v) is 11.6. The van der Waals surface area contributed by atoms with Gasteiger partial charge in [-0.25, -0.2) is 0 Å². The van der Waals surface area contributed by atoms with Crippen molar-refractivity contribution < 1.29 is 9.90 Å². The van der Waals surface area contributed by atoms with Crippen LogP contribution in [0.3, 0.4) is 0 Å². The average Bonchev–Trinajstić information content (AvgIpc) is 2.39. The summed E-state index contributed by atoms with van der Waals surface area (Å²) in [5.41, 5.74) is 0. The highest BCUT2D eigenvalue weighted by atomic mass is 16.4. The first-order valence-electron chi connectivity index (χ1n) is 7.68. The SMILES string of the molecule is CCC1CCCC(N2CCCCC2CC(=O)O)C1. The summed E-state index contributed by atoms with van der Waals surface area (Å²) in [6.07, 6.45) is 10.5. The van der Waals surface area contributed by atoms with Crippen molar-refractivity contribution in [3.05, 3.63) is 0 Å². The van der Waals surface area contributed by atoms with E-state index < -0.39 is 5.97 Å². The molecule has 3 unspecified atom stereocenters.